The monoisotopic (exact) mass is 219 g/mol. The molecule has 1 N–H and O–H groups in total. The highest BCUT2D eigenvalue weighted by Gasteiger charge is 2.11. The number of nitrogens with one attached hydrogen (secondary N) is 1. The number of amidine groups is 1. The predicted octanol–water partition coefficient (Wildman–Crippen LogP) is 2.51. The summed E-state index contributed by atoms with van der Waals surface area (Å²) in [7, 11) is 0. The zero-order chi connectivity index (χ0) is 11.5. The fourth-order valence-corrected chi connectivity index (χ4v) is 1.70. The molecule has 0 aliphatic carbocycles. The van der Waals surface area contributed by atoms with E-state index in [0.29, 0.717) is 0 Å². The molecule has 1 aliphatic heterocycles. The molecule has 5 heteroatoms. The quantitative estimate of drug-likeness (QED) is 0.613. The van der Waals surface area contributed by atoms with Gasteiger partial charge in [0.05, 0.1) is 4.92 Å². The van der Waals surface area contributed by atoms with Crippen LogP contribution in [0.3, 0.4) is 0 Å². The molecule has 0 bridgehead atoms. The van der Waals surface area contributed by atoms with Crippen molar-refractivity contribution in [1.29, 1.82) is 0 Å². The van der Waals surface area contributed by atoms with E-state index in [-0.39, 0.29) is 10.6 Å². The molecular formula is C11H13N3O2. The average molecular weight is 219 g/mol. The summed E-state index contributed by atoms with van der Waals surface area (Å²) in [5.74, 6) is 0.969. The minimum absolute atomic E-state index is 0.122. The Labute approximate surface area is 93.3 Å². The van der Waals surface area contributed by atoms with Crippen LogP contribution in [0.1, 0.15) is 18.4 Å². The van der Waals surface area contributed by atoms with Crippen molar-refractivity contribution in [2.45, 2.75) is 19.8 Å². The minimum atomic E-state index is -0.385. The number of aryl methyl sites for hydroxylation is 1. The first-order valence-corrected chi connectivity index (χ1v) is 5.22. The summed E-state index contributed by atoms with van der Waals surface area (Å²) in [6.45, 7) is 2.72. The van der Waals surface area contributed by atoms with Crippen LogP contribution < -0.4 is 5.32 Å². The Hall–Kier alpha value is -1.91. The first-order valence-electron chi connectivity index (χ1n) is 5.22. The number of rotatable bonds is 2. The van der Waals surface area contributed by atoms with Crippen molar-refractivity contribution in [1.82, 2.24) is 0 Å². The number of aliphatic imine (C=N–C) groups is 1. The second-order valence-corrected chi connectivity index (χ2v) is 3.81. The molecule has 1 aliphatic rings. The molecule has 84 valence electrons. The van der Waals surface area contributed by atoms with Gasteiger partial charge in [0.25, 0.3) is 5.69 Å². The van der Waals surface area contributed by atoms with Crippen LogP contribution in [0.5, 0.6) is 0 Å². The van der Waals surface area contributed by atoms with E-state index >= 15 is 0 Å². The van der Waals surface area contributed by atoms with E-state index in [1.165, 1.54) is 6.07 Å². The molecule has 0 aromatic heterocycles. The molecule has 0 atom stereocenters. The third-order valence-corrected chi connectivity index (χ3v) is 2.57. The van der Waals surface area contributed by atoms with Crippen molar-refractivity contribution in [3.8, 4) is 0 Å². The minimum Gasteiger partial charge on any atom is -0.344 e. The zero-order valence-corrected chi connectivity index (χ0v) is 9.06. The summed E-state index contributed by atoms with van der Waals surface area (Å²) in [6.07, 6.45) is 2.03. The van der Waals surface area contributed by atoms with E-state index in [1.807, 2.05) is 6.92 Å². The van der Waals surface area contributed by atoms with Gasteiger partial charge in [-0.1, -0.05) is 0 Å². The highest BCUT2D eigenvalue weighted by molar-refractivity contribution is 5.97. The maximum absolute atomic E-state index is 10.6. The van der Waals surface area contributed by atoms with Crippen LogP contribution in [-0.4, -0.2) is 17.3 Å². The average Bonchev–Trinajstić information content (AvgIpc) is 2.73. The highest BCUT2D eigenvalue weighted by Crippen LogP contribution is 2.22. The second kappa shape index (κ2) is 4.30. The van der Waals surface area contributed by atoms with Crippen LogP contribution in [0.25, 0.3) is 0 Å². The summed E-state index contributed by atoms with van der Waals surface area (Å²) in [4.78, 5) is 14.5. The molecule has 0 radical (unpaired) electrons. The fraction of sp³-hybridized carbons (Fsp3) is 0.364. The Morgan fingerprint density at radius 2 is 2.31 bits per heavy atom. The summed E-state index contributed by atoms with van der Waals surface area (Å²) < 4.78 is 0. The SMILES string of the molecule is Cc1cc([N+](=O)[O-])ccc1NC1=NCCC1. The van der Waals surface area contributed by atoms with E-state index in [9.17, 15) is 10.1 Å². The van der Waals surface area contributed by atoms with Crippen molar-refractivity contribution < 1.29 is 4.92 Å². The Balaban J connectivity index is 2.19. The molecule has 1 aromatic carbocycles. The lowest BCUT2D eigenvalue weighted by atomic mass is 10.1. The molecule has 5 nitrogen and oxygen atoms in total. The smallest absolute Gasteiger partial charge is 0.269 e. The van der Waals surface area contributed by atoms with Gasteiger partial charge in [-0.2, -0.15) is 0 Å². The summed E-state index contributed by atoms with van der Waals surface area (Å²) in [5, 5.41) is 13.8. The third-order valence-electron chi connectivity index (χ3n) is 2.57. The predicted molar refractivity (Wildman–Crippen MR) is 63.0 cm³/mol. The summed E-state index contributed by atoms with van der Waals surface area (Å²) in [6, 6.07) is 4.80. The number of anilines is 1. The van der Waals surface area contributed by atoms with Crippen molar-refractivity contribution in [3.05, 3.63) is 33.9 Å². The highest BCUT2D eigenvalue weighted by atomic mass is 16.6. The standard InChI is InChI=1S/C11H13N3O2/c1-8-7-9(14(15)16)4-5-10(8)13-11-3-2-6-12-11/h4-5,7H,2-3,6H2,1H3,(H,12,13). The van der Waals surface area contributed by atoms with Crippen LogP contribution in [0.4, 0.5) is 11.4 Å². The number of hydrogen-bond acceptors (Lipinski definition) is 4. The molecule has 1 heterocycles. The largest absolute Gasteiger partial charge is 0.344 e. The van der Waals surface area contributed by atoms with Crippen LogP contribution in [0.15, 0.2) is 23.2 Å². The number of nitro benzene ring substituents is 1. The van der Waals surface area contributed by atoms with Crippen LogP contribution in [0, 0.1) is 17.0 Å². The molecular weight excluding hydrogens is 206 g/mol. The van der Waals surface area contributed by atoms with Crippen molar-refractivity contribution in [2.24, 2.45) is 4.99 Å². The number of nitro groups is 1. The number of hydrogen-bond donors (Lipinski definition) is 1. The lowest BCUT2D eigenvalue weighted by Gasteiger charge is -2.08. The topological polar surface area (TPSA) is 67.5 Å². The van der Waals surface area contributed by atoms with Gasteiger partial charge in [0.2, 0.25) is 0 Å². The van der Waals surface area contributed by atoms with Gasteiger partial charge >= 0.3 is 0 Å². The van der Waals surface area contributed by atoms with Gasteiger partial charge < -0.3 is 5.32 Å². The van der Waals surface area contributed by atoms with Gasteiger partial charge in [0.15, 0.2) is 0 Å². The van der Waals surface area contributed by atoms with Gasteiger partial charge in [-0.15, -0.1) is 0 Å². The third kappa shape index (κ3) is 2.18. The Morgan fingerprint density at radius 3 is 2.88 bits per heavy atom. The molecule has 1 aromatic rings. The molecule has 0 saturated carbocycles. The lowest BCUT2D eigenvalue weighted by molar-refractivity contribution is -0.384. The van der Waals surface area contributed by atoms with Gasteiger partial charge in [-0.05, 0) is 25.0 Å². The maximum Gasteiger partial charge on any atom is 0.269 e. The van der Waals surface area contributed by atoms with E-state index in [1.54, 1.807) is 12.1 Å². The van der Waals surface area contributed by atoms with Crippen LogP contribution >= 0.6 is 0 Å². The number of nitrogens with zero attached hydrogens (tertiary/aromatic N) is 2. The first-order chi connectivity index (χ1) is 7.66. The number of benzene rings is 1. The summed E-state index contributed by atoms with van der Waals surface area (Å²) >= 11 is 0. The van der Waals surface area contributed by atoms with E-state index < -0.39 is 0 Å². The summed E-state index contributed by atoms with van der Waals surface area (Å²) in [5.41, 5.74) is 1.88. The first kappa shape index (κ1) is 10.6. The van der Waals surface area contributed by atoms with E-state index in [0.717, 1.165) is 36.5 Å². The molecule has 0 fully saturated rings. The molecule has 16 heavy (non-hydrogen) atoms. The molecule has 0 amide bonds. The van der Waals surface area contributed by atoms with Gasteiger partial charge in [-0.25, -0.2) is 0 Å². The van der Waals surface area contributed by atoms with E-state index in [4.69, 9.17) is 0 Å². The van der Waals surface area contributed by atoms with Crippen LogP contribution in [-0.2, 0) is 0 Å². The van der Waals surface area contributed by atoms with Crippen LogP contribution in [0.2, 0.25) is 0 Å². The van der Waals surface area contributed by atoms with Crippen molar-refractivity contribution in [2.75, 3.05) is 11.9 Å². The normalized spacial score (nSPS) is 14.7. The Bertz CT molecular complexity index is 455. The molecule has 0 spiro atoms. The van der Waals surface area contributed by atoms with E-state index in [2.05, 4.69) is 10.3 Å². The number of non-ortho nitro benzene ring substituents is 1. The Kier molecular flexibility index (Phi) is 2.85. The fourth-order valence-electron chi connectivity index (χ4n) is 1.70. The Morgan fingerprint density at radius 1 is 1.50 bits per heavy atom. The maximum atomic E-state index is 10.6. The molecule has 0 saturated heterocycles. The molecule has 0 unspecified atom stereocenters. The second-order valence-electron chi connectivity index (χ2n) is 3.81. The molecule has 2 rings (SSSR count). The van der Waals surface area contributed by atoms with Crippen molar-refractivity contribution in [3.63, 3.8) is 0 Å². The van der Waals surface area contributed by atoms with Gasteiger partial charge in [-0.3, -0.25) is 15.1 Å². The zero-order valence-electron chi connectivity index (χ0n) is 9.06. The van der Waals surface area contributed by atoms with Gasteiger partial charge in [0.1, 0.15) is 5.84 Å². The van der Waals surface area contributed by atoms with Crippen molar-refractivity contribution >= 4 is 17.2 Å². The van der Waals surface area contributed by atoms with Gasteiger partial charge in [0, 0.05) is 30.8 Å². The lowest BCUT2D eigenvalue weighted by Crippen LogP contribution is -2.09.